The predicted molar refractivity (Wildman–Crippen MR) is 130 cm³/mol. The first-order valence-corrected chi connectivity index (χ1v) is 11.9. The molecule has 0 aliphatic heterocycles. The molecule has 0 aliphatic carbocycles. The van der Waals surface area contributed by atoms with Crippen LogP contribution in [0.1, 0.15) is 29.5 Å². The molecular formula is C25H34N2O3S. The average Bonchev–Trinajstić information content (AvgIpc) is 2.76. The molecule has 0 spiro atoms. The molecule has 0 aromatic heterocycles. The van der Waals surface area contributed by atoms with Gasteiger partial charge in [-0.3, -0.25) is 9.59 Å². The van der Waals surface area contributed by atoms with Crippen LogP contribution in [0.5, 0.6) is 0 Å². The minimum atomic E-state index is -0.398. The second-order valence-corrected chi connectivity index (χ2v) is 9.10. The number of amides is 1. The van der Waals surface area contributed by atoms with Crippen molar-refractivity contribution in [1.29, 1.82) is 0 Å². The third-order valence-electron chi connectivity index (χ3n) is 4.94. The zero-order valence-electron chi connectivity index (χ0n) is 18.6. The third kappa shape index (κ3) is 10.6. The van der Waals surface area contributed by atoms with E-state index in [0.717, 1.165) is 49.2 Å². The Morgan fingerprint density at radius 1 is 0.903 bits per heavy atom. The molecule has 0 unspecified atom stereocenters. The van der Waals surface area contributed by atoms with Crippen molar-refractivity contribution < 1.29 is 14.7 Å². The number of nitrogens with one attached hydrogen (secondary N) is 1. The van der Waals surface area contributed by atoms with Gasteiger partial charge in [-0.2, -0.15) is 11.8 Å². The monoisotopic (exact) mass is 442 g/mol. The molecule has 2 N–H and O–H groups in total. The summed E-state index contributed by atoms with van der Waals surface area (Å²) in [5.41, 5.74) is 4.33. The number of nitrogens with zero attached hydrogens (tertiary/aromatic N) is 1. The van der Waals surface area contributed by atoms with Crippen LogP contribution in [0.2, 0.25) is 0 Å². The Balaban J connectivity index is 1.64. The summed E-state index contributed by atoms with van der Waals surface area (Å²) in [5.74, 6) is 1.32. The molecule has 6 heteroatoms. The molecule has 0 atom stereocenters. The van der Waals surface area contributed by atoms with Crippen molar-refractivity contribution >= 4 is 29.1 Å². The fourth-order valence-electron chi connectivity index (χ4n) is 3.13. The van der Waals surface area contributed by atoms with E-state index in [-0.39, 0.29) is 11.7 Å². The SMILES string of the molecule is CN(C)CCSCC(=O)Nc1ccc(CCCCc2ccc(CC(=O)CO)cc2)cc1. The van der Waals surface area contributed by atoms with Gasteiger partial charge >= 0.3 is 0 Å². The molecule has 0 saturated heterocycles. The van der Waals surface area contributed by atoms with Crippen molar-refractivity contribution in [1.82, 2.24) is 4.90 Å². The van der Waals surface area contributed by atoms with Crippen LogP contribution in [0.25, 0.3) is 0 Å². The highest BCUT2D eigenvalue weighted by Crippen LogP contribution is 2.14. The number of carbonyl (C=O) groups excluding carboxylic acids is 2. The average molecular weight is 443 g/mol. The lowest BCUT2D eigenvalue weighted by Crippen LogP contribution is -2.18. The zero-order valence-corrected chi connectivity index (χ0v) is 19.4. The summed E-state index contributed by atoms with van der Waals surface area (Å²) in [4.78, 5) is 25.4. The van der Waals surface area contributed by atoms with Gasteiger partial charge in [0, 0.05) is 24.4 Å². The number of aliphatic hydroxyl groups is 1. The molecular weight excluding hydrogens is 408 g/mol. The highest BCUT2D eigenvalue weighted by atomic mass is 32.2. The van der Waals surface area contributed by atoms with Crippen molar-refractivity contribution in [3.05, 3.63) is 65.2 Å². The fraction of sp³-hybridized carbons (Fsp3) is 0.440. The molecule has 168 valence electrons. The van der Waals surface area contributed by atoms with Crippen molar-refractivity contribution in [3.8, 4) is 0 Å². The number of hydrogen-bond donors (Lipinski definition) is 2. The topological polar surface area (TPSA) is 69.6 Å². The smallest absolute Gasteiger partial charge is 0.234 e. The van der Waals surface area contributed by atoms with E-state index < -0.39 is 6.61 Å². The van der Waals surface area contributed by atoms with Crippen LogP contribution in [0.3, 0.4) is 0 Å². The van der Waals surface area contributed by atoms with Crippen molar-refractivity contribution in [2.45, 2.75) is 32.1 Å². The normalized spacial score (nSPS) is 11.0. The second-order valence-electron chi connectivity index (χ2n) is 8.00. The van der Waals surface area contributed by atoms with Crippen LogP contribution in [0.4, 0.5) is 5.69 Å². The van der Waals surface area contributed by atoms with E-state index in [1.807, 2.05) is 38.4 Å². The maximum Gasteiger partial charge on any atom is 0.234 e. The van der Waals surface area contributed by atoms with Crippen LogP contribution in [0.15, 0.2) is 48.5 Å². The van der Waals surface area contributed by atoms with E-state index in [1.165, 1.54) is 11.1 Å². The number of rotatable bonds is 14. The van der Waals surface area contributed by atoms with Gasteiger partial charge < -0.3 is 15.3 Å². The van der Waals surface area contributed by atoms with Gasteiger partial charge in [-0.1, -0.05) is 36.4 Å². The molecule has 0 radical (unpaired) electrons. The summed E-state index contributed by atoms with van der Waals surface area (Å²) in [6, 6.07) is 16.2. The van der Waals surface area contributed by atoms with Crippen LogP contribution >= 0.6 is 11.8 Å². The molecule has 31 heavy (non-hydrogen) atoms. The Bertz CT molecular complexity index is 805. The van der Waals surface area contributed by atoms with E-state index in [2.05, 4.69) is 34.5 Å². The number of ketones is 1. The fourth-order valence-corrected chi connectivity index (χ4v) is 4.03. The Hall–Kier alpha value is -2.15. The van der Waals surface area contributed by atoms with Crippen LogP contribution < -0.4 is 5.32 Å². The van der Waals surface area contributed by atoms with Gasteiger partial charge in [0.25, 0.3) is 0 Å². The first-order chi connectivity index (χ1) is 15.0. The summed E-state index contributed by atoms with van der Waals surface area (Å²) in [5, 5.41) is 11.8. The van der Waals surface area contributed by atoms with Crippen molar-refractivity contribution in [2.24, 2.45) is 0 Å². The first kappa shape index (κ1) is 25.1. The highest BCUT2D eigenvalue weighted by molar-refractivity contribution is 7.99. The lowest BCUT2D eigenvalue weighted by atomic mass is 10.0. The van der Waals surface area contributed by atoms with Gasteiger partial charge in [0.15, 0.2) is 5.78 Å². The zero-order chi connectivity index (χ0) is 22.5. The van der Waals surface area contributed by atoms with Gasteiger partial charge in [0.2, 0.25) is 5.91 Å². The maximum atomic E-state index is 12.0. The van der Waals surface area contributed by atoms with Gasteiger partial charge in [-0.25, -0.2) is 0 Å². The highest BCUT2D eigenvalue weighted by Gasteiger charge is 2.04. The molecule has 0 heterocycles. The lowest BCUT2D eigenvalue weighted by molar-refractivity contribution is -0.121. The van der Waals surface area contributed by atoms with Crippen LogP contribution in [0, 0.1) is 0 Å². The quantitative estimate of drug-likeness (QED) is 0.438. The summed E-state index contributed by atoms with van der Waals surface area (Å²) >= 11 is 1.65. The third-order valence-corrected chi connectivity index (χ3v) is 5.87. The number of anilines is 1. The van der Waals surface area contributed by atoms with Crippen molar-refractivity contribution in [3.63, 3.8) is 0 Å². The molecule has 2 aromatic rings. The molecule has 0 fully saturated rings. The van der Waals surface area contributed by atoms with Gasteiger partial charge in [-0.15, -0.1) is 0 Å². The standard InChI is InChI=1S/C25H34N2O3S/c1-27(2)15-16-31-19-25(30)26-23-13-11-21(12-14-23)6-4-3-5-20-7-9-22(10-8-20)17-24(29)18-28/h7-14,28H,3-6,15-19H2,1-2H3,(H,26,30). The van der Waals surface area contributed by atoms with Gasteiger partial charge in [0.05, 0.1) is 5.75 Å². The van der Waals surface area contributed by atoms with Crippen molar-refractivity contribution in [2.75, 3.05) is 44.1 Å². The molecule has 1 amide bonds. The van der Waals surface area contributed by atoms with Gasteiger partial charge in [0.1, 0.15) is 6.61 Å². The molecule has 0 bridgehead atoms. The largest absolute Gasteiger partial charge is 0.389 e. The molecule has 5 nitrogen and oxygen atoms in total. The van der Waals surface area contributed by atoms with Crippen LogP contribution in [-0.2, 0) is 28.9 Å². The predicted octanol–water partition coefficient (Wildman–Crippen LogP) is 3.59. The first-order valence-electron chi connectivity index (χ1n) is 10.8. The maximum absolute atomic E-state index is 12.0. The van der Waals surface area contributed by atoms with E-state index in [9.17, 15) is 9.59 Å². The molecule has 2 aromatic carbocycles. The number of thioether (sulfide) groups is 1. The lowest BCUT2D eigenvalue weighted by Gasteiger charge is -2.09. The Morgan fingerprint density at radius 2 is 1.45 bits per heavy atom. The molecule has 0 aliphatic rings. The molecule has 2 rings (SSSR count). The van der Waals surface area contributed by atoms with E-state index in [1.54, 1.807) is 11.8 Å². The summed E-state index contributed by atoms with van der Waals surface area (Å²) in [6.07, 6.45) is 4.50. The second kappa shape index (κ2) is 14.0. The minimum Gasteiger partial charge on any atom is -0.389 e. The summed E-state index contributed by atoms with van der Waals surface area (Å²) in [7, 11) is 4.07. The van der Waals surface area contributed by atoms with E-state index in [0.29, 0.717) is 12.2 Å². The number of aliphatic hydroxyl groups excluding tert-OH is 1. The van der Waals surface area contributed by atoms with Crippen LogP contribution in [-0.4, -0.2) is 60.4 Å². The summed E-state index contributed by atoms with van der Waals surface area (Å²) in [6.45, 7) is 0.578. The Labute approximate surface area is 190 Å². The van der Waals surface area contributed by atoms with Gasteiger partial charge in [-0.05, 0) is 68.6 Å². The summed E-state index contributed by atoms with van der Waals surface area (Å²) < 4.78 is 0. The number of Topliss-reactive ketones (excluding diaryl/α,β-unsaturated/α-hetero) is 1. The van der Waals surface area contributed by atoms with E-state index >= 15 is 0 Å². The number of unbranched alkanes of at least 4 members (excludes halogenated alkanes) is 1. The Kier molecular flexibility index (Phi) is 11.4. The number of hydrogen-bond acceptors (Lipinski definition) is 5. The Morgan fingerprint density at radius 3 is 2.00 bits per heavy atom. The number of aryl methyl sites for hydroxylation is 2. The number of carbonyl (C=O) groups is 2. The molecule has 0 saturated carbocycles. The van der Waals surface area contributed by atoms with E-state index in [4.69, 9.17) is 5.11 Å². The minimum absolute atomic E-state index is 0.0447. The number of benzene rings is 2.